The Morgan fingerprint density at radius 3 is 2.35 bits per heavy atom. The Morgan fingerprint density at radius 2 is 1.73 bits per heavy atom. The van der Waals surface area contributed by atoms with Crippen molar-refractivity contribution in [3.63, 3.8) is 0 Å². The molecule has 8 heteroatoms. The third-order valence-corrected chi connectivity index (χ3v) is 4.21. The molecule has 0 saturated heterocycles. The first-order chi connectivity index (χ1) is 11.9. The van der Waals surface area contributed by atoms with Gasteiger partial charge < -0.3 is 16.2 Å². The van der Waals surface area contributed by atoms with Crippen molar-refractivity contribution in [2.24, 2.45) is 21.5 Å². The molecule has 0 fully saturated rings. The number of rotatable bonds is 4. The SMILES string of the molecule is CC1(C)N=C(N)N=C(N)N1c1ccc(OCc2ccccc2Cl)cc1.Cl. The highest BCUT2D eigenvalue weighted by Crippen LogP contribution is 2.29. The zero-order valence-corrected chi connectivity index (χ0v) is 16.1. The fourth-order valence-electron chi connectivity index (χ4n) is 2.72. The van der Waals surface area contributed by atoms with Crippen LogP contribution in [0.3, 0.4) is 0 Å². The van der Waals surface area contributed by atoms with E-state index < -0.39 is 5.66 Å². The second kappa shape index (κ2) is 7.85. The Hall–Kier alpha value is -2.44. The summed E-state index contributed by atoms with van der Waals surface area (Å²) in [5.74, 6) is 1.22. The molecule has 0 unspecified atom stereocenters. The van der Waals surface area contributed by atoms with Crippen molar-refractivity contribution in [1.29, 1.82) is 0 Å². The van der Waals surface area contributed by atoms with Crippen LogP contribution in [0, 0.1) is 0 Å². The molecule has 0 bridgehead atoms. The maximum Gasteiger partial charge on any atom is 0.220 e. The lowest BCUT2D eigenvalue weighted by atomic mass is 10.1. The number of nitrogens with two attached hydrogens (primary N) is 2. The Labute approximate surface area is 163 Å². The van der Waals surface area contributed by atoms with Gasteiger partial charge in [-0.2, -0.15) is 4.99 Å². The van der Waals surface area contributed by atoms with E-state index in [1.54, 1.807) is 0 Å². The molecule has 1 heterocycles. The van der Waals surface area contributed by atoms with Crippen LogP contribution in [-0.4, -0.2) is 17.6 Å². The molecular weight excluding hydrogens is 373 g/mol. The van der Waals surface area contributed by atoms with Crippen molar-refractivity contribution in [3.8, 4) is 5.75 Å². The summed E-state index contributed by atoms with van der Waals surface area (Å²) >= 11 is 6.14. The Kier molecular flexibility index (Phi) is 6.00. The van der Waals surface area contributed by atoms with Gasteiger partial charge in [-0.3, -0.25) is 4.90 Å². The molecule has 4 N–H and O–H groups in total. The summed E-state index contributed by atoms with van der Waals surface area (Å²) in [6.45, 7) is 4.24. The lowest BCUT2D eigenvalue weighted by Gasteiger charge is -2.38. The number of hydrogen-bond donors (Lipinski definition) is 2. The predicted octanol–water partition coefficient (Wildman–Crippen LogP) is 3.53. The fraction of sp³-hybridized carbons (Fsp3) is 0.222. The van der Waals surface area contributed by atoms with Crippen LogP contribution in [0.1, 0.15) is 19.4 Å². The minimum Gasteiger partial charge on any atom is -0.489 e. The maximum absolute atomic E-state index is 6.14. The van der Waals surface area contributed by atoms with E-state index >= 15 is 0 Å². The first kappa shape index (κ1) is 19.9. The fourth-order valence-corrected chi connectivity index (χ4v) is 2.91. The van der Waals surface area contributed by atoms with E-state index in [4.69, 9.17) is 27.8 Å². The van der Waals surface area contributed by atoms with Crippen molar-refractivity contribution in [2.45, 2.75) is 26.1 Å². The molecular formula is C18H21Cl2N5O. The minimum atomic E-state index is -0.615. The van der Waals surface area contributed by atoms with Crippen LogP contribution in [0.25, 0.3) is 0 Å². The first-order valence-electron chi connectivity index (χ1n) is 7.83. The van der Waals surface area contributed by atoms with Gasteiger partial charge in [0, 0.05) is 16.3 Å². The highest BCUT2D eigenvalue weighted by atomic mass is 35.5. The van der Waals surface area contributed by atoms with Gasteiger partial charge in [0.25, 0.3) is 0 Å². The summed E-state index contributed by atoms with van der Waals surface area (Å²) in [4.78, 5) is 10.2. The quantitative estimate of drug-likeness (QED) is 0.830. The maximum atomic E-state index is 6.14. The molecule has 0 aliphatic carbocycles. The summed E-state index contributed by atoms with van der Waals surface area (Å²) < 4.78 is 5.80. The van der Waals surface area contributed by atoms with E-state index in [-0.39, 0.29) is 18.4 Å². The Morgan fingerprint density at radius 1 is 1.08 bits per heavy atom. The molecule has 2 aromatic carbocycles. The number of halogens is 2. The molecule has 0 amide bonds. The van der Waals surface area contributed by atoms with Gasteiger partial charge in [-0.25, -0.2) is 4.99 Å². The zero-order valence-electron chi connectivity index (χ0n) is 14.5. The van der Waals surface area contributed by atoms with Crippen molar-refractivity contribution in [1.82, 2.24) is 0 Å². The van der Waals surface area contributed by atoms with Gasteiger partial charge in [-0.05, 0) is 44.2 Å². The summed E-state index contributed by atoms with van der Waals surface area (Å²) in [5, 5.41) is 0.689. The monoisotopic (exact) mass is 393 g/mol. The van der Waals surface area contributed by atoms with E-state index in [2.05, 4.69) is 9.98 Å². The van der Waals surface area contributed by atoms with E-state index in [0.717, 1.165) is 17.0 Å². The van der Waals surface area contributed by atoms with Gasteiger partial charge in [-0.15, -0.1) is 12.4 Å². The number of ether oxygens (including phenoxy) is 1. The van der Waals surface area contributed by atoms with Gasteiger partial charge in [0.1, 0.15) is 18.0 Å². The molecule has 138 valence electrons. The van der Waals surface area contributed by atoms with Crippen LogP contribution in [0.4, 0.5) is 5.69 Å². The molecule has 2 aromatic rings. The number of benzene rings is 2. The molecule has 0 aromatic heterocycles. The van der Waals surface area contributed by atoms with Crippen molar-refractivity contribution in [2.75, 3.05) is 4.90 Å². The van der Waals surface area contributed by atoms with E-state index in [1.807, 2.05) is 67.3 Å². The average molecular weight is 394 g/mol. The van der Waals surface area contributed by atoms with Crippen LogP contribution in [0.5, 0.6) is 5.75 Å². The summed E-state index contributed by atoms with van der Waals surface area (Å²) in [5.41, 5.74) is 12.9. The zero-order chi connectivity index (χ0) is 18.0. The number of nitrogens with zero attached hydrogens (tertiary/aromatic N) is 3. The lowest BCUT2D eigenvalue weighted by Crippen LogP contribution is -2.54. The third-order valence-electron chi connectivity index (χ3n) is 3.84. The van der Waals surface area contributed by atoms with E-state index in [9.17, 15) is 0 Å². The minimum absolute atomic E-state index is 0. The van der Waals surface area contributed by atoms with Crippen LogP contribution >= 0.6 is 24.0 Å². The number of aliphatic imine (C=N–C) groups is 2. The summed E-state index contributed by atoms with van der Waals surface area (Å²) in [7, 11) is 0. The Bertz CT molecular complexity index is 834. The van der Waals surface area contributed by atoms with Crippen molar-refractivity contribution < 1.29 is 4.74 Å². The third kappa shape index (κ3) is 4.20. The highest BCUT2D eigenvalue weighted by molar-refractivity contribution is 6.31. The van der Waals surface area contributed by atoms with Gasteiger partial charge in [0.2, 0.25) is 11.9 Å². The molecule has 0 radical (unpaired) electrons. The van der Waals surface area contributed by atoms with Gasteiger partial charge in [0.05, 0.1) is 0 Å². The number of anilines is 1. The van der Waals surface area contributed by atoms with Crippen LogP contribution in [0.15, 0.2) is 58.5 Å². The van der Waals surface area contributed by atoms with Crippen molar-refractivity contribution in [3.05, 3.63) is 59.1 Å². The number of guanidine groups is 2. The second-order valence-corrected chi connectivity index (χ2v) is 6.55. The van der Waals surface area contributed by atoms with Crippen molar-refractivity contribution >= 4 is 41.6 Å². The van der Waals surface area contributed by atoms with Crippen LogP contribution in [0.2, 0.25) is 5.02 Å². The largest absolute Gasteiger partial charge is 0.489 e. The molecule has 0 atom stereocenters. The normalized spacial score (nSPS) is 15.6. The highest BCUT2D eigenvalue weighted by Gasteiger charge is 2.32. The van der Waals surface area contributed by atoms with E-state index in [0.29, 0.717) is 17.6 Å². The topological polar surface area (TPSA) is 89.2 Å². The molecule has 0 saturated carbocycles. The number of hydrogen-bond acceptors (Lipinski definition) is 6. The molecule has 1 aliphatic heterocycles. The average Bonchev–Trinajstić information content (AvgIpc) is 2.53. The summed E-state index contributed by atoms with van der Waals surface area (Å²) in [6, 6.07) is 15.2. The van der Waals surface area contributed by atoms with Crippen LogP contribution < -0.4 is 21.1 Å². The molecule has 6 nitrogen and oxygen atoms in total. The van der Waals surface area contributed by atoms with Gasteiger partial charge >= 0.3 is 0 Å². The first-order valence-corrected chi connectivity index (χ1v) is 8.20. The van der Waals surface area contributed by atoms with E-state index in [1.165, 1.54) is 0 Å². The molecule has 26 heavy (non-hydrogen) atoms. The van der Waals surface area contributed by atoms with Gasteiger partial charge in [0.15, 0.2) is 0 Å². The molecule has 0 spiro atoms. The Balaban J connectivity index is 0.00000243. The smallest absolute Gasteiger partial charge is 0.220 e. The molecule has 3 rings (SSSR count). The van der Waals surface area contributed by atoms with Crippen LogP contribution in [-0.2, 0) is 6.61 Å². The summed E-state index contributed by atoms with van der Waals surface area (Å²) in [6.07, 6.45) is 0. The van der Waals surface area contributed by atoms with Gasteiger partial charge in [-0.1, -0.05) is 29.8 Å². The molecule has 1 aliphatic rings. The standard InChI is InChI=1S/C18H20ClN5O.ClH/c1-18(2)23-16(20)22-17(21)24(18)13-7-9-14(10-8-13)25-11-12-5-3-4-6-15(12)19;/h3-10H,11H2,1-2H3,(H4,20,21,22,23);1H. The predicted molar refractivity (Wildman–Crippen MR) is 109 cm³/mol. The second-order valence-electron chi connectivity index (χ2n) is 6.14. The lowest BCUT2D eigenvalue weighted by molar-refractivity contribution is 0.306.